The Kier molecular flexibility index (Phi) is 5.91. The van der Waals surface area contributed by atoms with E-state index in [1.807, 2.05) is 13.8 Å². The number of halogens is 4. The molecule has 10 heteroatoms. The highest BCUT2D eigenvalue weighted by atomic mass is 19.3. The van der Waals surface area contributed by atoms with Crippen LogP contribution in [0.15, 0.2) is 0 Å². The van der Waals surface area contributed by atoms with Crippen LogP contribution in [0.4, 0.5) is 29.5 Å². The van der Waals surface area contributed by atoms with Crippen molar-refractivity contribution in [2.75, 3.05) is 37.0 Å². The summed E-state index contributed by atoms with van der Waals surface area (Å²) in [6.45, 7) is 3.37. The Morgan fingerprint density at radius 3 is 2.29 bits per heavy atom. The lowest BCUT2D eigenvalue weighted by molar-refractivity contribution is -0.149. The van der Waals surface area contributed by atoms with Crippen LogP contribution in [0, 0.1) is 0 Å². The van der Waals surface area contributed by atoms with E-state index in [1.54, 1.807) is 4.90 Å². The van der Waals surface area contributed by atoms with Gasteiger partial charge in [-0.25, -0.2) is 8.78 Å². The number of nitrogens with one attached hydrogen (secondary N) is 1. The molecular formula is C11H17F4N5O. The first kappa shape index (κ1) is 17.2. The van der Waals surface area contributed by atoms with E-state index in [0.717, 1.165) is 0 Å². The maximum atomic E-state index is 12.8. The molecule has 0 unspecified atom stereocenters. The fraction of sp³-hybridized carbons (Fsp3) is 0.727. The Bertz CT molecular complexity index is 456. The second-order valence-electron chi connectivity index (χ2n) is 4.01. The standard InChI is InChI=1S/C11H17F4N5O/c1-4-20(5-2)9-17-8(16-3)18-10(19-9)21-6-11(14,15)7(12)13/h7H,4-6H2,1-3H3,(H,16,17,18,19). The molecule has 1 heterocycles. The van der Waals surface area contributed by atoms with Crippen molar-refractivity contribution in [3.05, 3.63) is 0 Å². The number of hydrogen-bond acceptors (Lipinski definition) is 6. The molecule has 1 N–H and O–H groups in total. The van der Waals surface area contributed by atoms with Crippen molar-refractivity contribution in [2.24, 2.45) is 0 Å². The van der Waals surface area contributed by atoms with Crippen LogP contribution in [-0.2, 0) is 0 Å². The van der Waals surface area contributed by atoms with E-state index in [-0.39, 0.29) is 11.9 Å². The van der Waals surface area contributed by atoms with Crippen molar-refractivity contribution < 1.29 is 22.3 Å². The van der Waals surface area contributed by atoms with Gasteiger partial charge in [0.1, 0.15) is 0 Å². The van der Waals surface area contributed by atoms with Gasteiger partial charge in [-0.15, -0.1) is 0 Å². The van der Waals surface area contributed by atoms with Crippen LogP contribution in [0.25, 0.3) is 0 Å². The number of anilines is 2. The predicted octanol–water partition coefficient (Wildman–Crippen LogP) is 2.04. The molecular weight excluding hydrogens is 294 g/mol. The van der Waals surface area contributed by atoms with Crippen LogP contribution in [0.2, 0.25) is 0 Å². The quantitative estimate of drug-likeness (QED) is 0.741. The summed E-state index contributed by atoms with van der Waals surface area (Å²) in [6, 6.07) is -0.434. The first-order chi connectivity index (χ1) is 9.83. The number of nitrogens with zero attached hydrogens (tertiary/aromatic N) is 4. The first-order valence-corrected chi connectivity index (χ1v) is 6.31. The second-order valence-corrected chi connectivity index (χ2v) is 4.01. The van der Waals surface area contributed by atoms with Gasteiger partial charge in [-0.05, 0) is 13.8 Å². The van der Waals surface area contributed by atoms with Gasteiger partial charge >= 0.3 is 18.4 Å². The van der Waals surface area contributed by atoms with Gasteiger partial charge in [0.05, 0.1) is 0 Å². The minimum atomic E-state index is -4.26. The Balaban J connectivity index is 2.94. The zero-order valence-corrected chi connectivity index (χ0v) is 11.9. The van der Waals surface area contributed by atoms with Crippen molar-refractivity contribution in [2.45, 2.75) is 26.2 Å². The molecule has 0 aromatic carbocycles. The Labute approximate surface area is 119 Å². The van der Waals surface area contributed by atoms with Crippen LogP contribution >= 0.6 is 0 Å². The Morgan fingerprint density at radius 2 is 1.81 bits per heavy atom. The largest absolute Gasteiger partial charge is 0.457 e. The van der Waals surface area contributed by atoms with Crippen LogP contribution in [-0.4, -0.2) is 54.0 Å². The molecule has 120 valence electrons. The van der Waals surface area contributed by atoms with Crippen LogP contribution in [0.3, 0.4) is 0 Å². The van der Waals surface area contributed by atoms with Crippen molar-refractivity contribution in [1.29, 1.82) is 0 Å². The van der Waals surface area contributed by atoms with Gasteiger partial charge in [-0.2, -0.15) is 23.7 Å². The van der Waals surface area contributed by atoms with Gasteiger partial charge in [0.15, 0.2) is 6.61 Å². The highest BCUT2D eigenvalue weighted by Crippen LogP contribution is 2.24. The first-order valence-electron chi connectivity index (χ1n) is 6.31. The molecule has 1 aromatic rings. The summed E-state index contributed by atoms with van der Waals surface area (Å²) >= 11 is 0. The van der Waals surface area contributed by atoms with Crippen molar-refractivity contribution in [3.8, 4) is 6.01 Å². The topological polar surface area (TPSA) is 63.2 Å². The summed E-state index contributed by atoms with van der Waals surface area (Å²) in [4.78, 5) is 13.3. The summed E-state index contributed by atoms with van der Waals surface area (Å²) < 4.78 is 54.4. The molecule has 0 aliphatic heterocycles. The van der Waals surface area contributed by atoms with E-state index in [0.29, 0.717) is 13.1 Å². The predicted molar refractivity (Wildman–Crippen MR) is 69.4 cm³/mol. The van der Waals surface area contributed by atoms with E-state index in [4.69, 9.17) is 0 Å². The highest BCUT2D eigenvalue weighted by Gasteiger charge is 2.42. The molecule has 1 aromatic heterocycles. The third-order valence-electron chi connectivity index (χ3n) is 2.59. The van der Waals surface area contributed by atoms with Crippen molar-refractivity contribution >= 4 is 11.9 Å². The summed E-state index contributed by atoms with van der Waals surface area (Å²) in [5, 5.41) is 2.63. The molecule has 0 saturated heterocycles. The van der Waals surface area contributed by atoms with Gasteiger partial charge in [-0.3, -0.25) is 0 Å². The van der Waals surface area contributed by atoms with Gasteiger partial charge in [0.25, 0.3) is 0 Å². The fourth-order valence-corrected chi connectivity index (χ4v) is 1.39. The lowest BCUT2D eigenvalue weighted by atomic mass is 10.4. The van der Waals surface area contributed by atoms with Crippen LogP contribution in [0.5, 0.6) is 6.01 Å². The molecule has 0 aliphatic rings. The Hall–Kier alpha value is -1.87. The molecule has 1 rings (SSSR count). The zero-order valence-electron chi connectivity index (χ0n) is 11.9. The summed E-state index contributed by atoms with van der Waals surface area (Å²) in [7, 11) is 1.53. The van der Waals surface area contributed by atoms with E-state index >= 15 is 0 Å². The average molecular weight is 311 g/mol. The number of hydrogen-bond donors (Lipinski definition) is 1. The molecule has 0 amide bonds. The maximum Gasteiger partial charge on any atom is 0.340 e. The van der Waals surface area contributed by atoms with Gasteiger partial charge < -0.3 is 15.0 Å². The number of aromatic nitrogens is 3. The number of alkyl halides is 4. The molecule has 6 nitrogen and oxygen atoms in total. The molecule has 21 heavy (non-hydrogen) atoms. The lowest BCUT2D eigenvalue weighted by Crippen LogP contribution is -2.34. The minimum Gasteiger partial charge on any atom is -0.457 e. The third kappa shape index (κ3) is 4.57. The summed E-state index contributed by atoms with van der Waals surface area (Å²) in [5.41, 5.74) is 0. The van der Waals surface area contributed by atoms with Crippen LogP contribution in [0.1, 0.15) is 13.8 Å². The molecule has 0 radical (unpaired) electrons. The normalized spacial score (nSPS) is 11.6. The lowest BCUT2D eigenvalue weighted by Gasteiger charge is -2.20. The summed E-state index contributed by atoms with van der Waals surface area (Å²) in [6.07, 6.45) is -3.81. The second kappa shape index (κ2) is 7.23. The van der Waals surface area contributed by atoms with E-state index < -0.39 is 25.0 Å². The monoisotopic (exact) mass is 311 g/mol. The van der Waals surface area contributed by atoms with E-state index in [1.165, 1.54) is 7.05 Å². The number of rotatable bonds is 8. The Morgan fingerprint density at radius 1 is 1.19 bits per heavy atom. The maximum absolute atomic E-state index is 12.8. The van der Waals surface area contributed by atoms with Gasteiger partial charge in [0, 0.05) is 20.1 Å². The van der Waals surface area contributed by atoms with Crippen molar-refractivity contribution in [1.82, 2.24) is 15.0 Å². The SMILES string of the molecule is CCN(CC)c1nc(NC)nc(OCC(F)(F)C(F)F)n1. The van der Waals surface area contributed by atoms with E-state index in [2.05, 4.69) is 25.0 Å². The molecule has 0 saturated carbocycles. The molecule has 0 fully saturated rings. The van der Waals surface area contributed by atoms with Crippen molar-refractivity contribution in [3.63, 3.8) is 0 Å². The van der Waals surface area contributed by atoms with E-state index in [9.17, 15) is 17.6 Å². The zero-order chi connectivity index (χ0) is 16.0. The molecule has 0 aliphatic carbocycles. The average Bonchev–Trinajstić information content (AvgIpc) is 2.46. The molecule has 0 spiro atoms. The summed E-state index contributed by atoms with van der Waals surface area (Å²) in [5.74, 6) is -3.95. The van der Waals surface area contributed by atoms with Gasteiger partial charge in [-0.1, -0.05) is 0 Å². The fourth-order valence-electron chi connectivity index (χ4n) is 1.39. The smallest absolute Gasteiger partial charge is 0.340 e. The highest BCUT2D eigenvalue weighted by molar-refractivity contribution is 5.37. The van der Waals surface area contributed by atoms with Gasteiger partial charge in [0.2, 0.25) is 11.9 Å². The molecule has 0 bridgehead atoms. The number of ether oxygens (including phenoxy) is 1. The molecule has 0 atom stereocenters. The minimum absolute atomic E-state index is 0.0993. The third-order valence-corrected chi connectivity index (χ3v) is 2.59. The van der Waals surface area contributed by atoms with Crippen LogP contribution < -0.4 is 15.0 Å².